The van der Waals surface area contributed by atoms with Gasteiger partial charge in [-0.2, -0.15) is 0 Å². The number of hydrogen-bond acceptors (Lipinski definition) is 6. The molecular formula is C9H13N3O4S. The maximum Gasteiger partial charge on any atom is 0.345 e. The molecule has 1 atom stereocenters. The minimum absolute atomic E-state index is 0.114. The van der Waals surface area contributed by atoms with E-state index in [-0.39, 0.29) is 10.1 Å². The highest BCUT2D eigenvalue weighted by Gasteiger charge is 2.33. The van der Waals surface area contributed by atoms with Crippen molar-refractivity contribution >= 4 is 27.4 Å². The average Bonchev–Trinajstić information content (AvgIpc) is 2.66. The van der Waals surface area contributed by atoms with Crippen molar-refractivity contribution in [1.82, 2.24) is 4.98 Å². The van der Waals surface area contributed by atoms with Gasteiger partial charge in [-0.1, -0.05) is 13.3 Å². The van der Waals surface area contributed by atoms with E-state index in [0.717, 1.165) is 17.5 Å². The maximum absolute atomic E-state index is 11.1. The largest absolute Gasteiger partial charge is 0.480 e. The normalized spacial score (nSPS) is 14.0. The van der Waals surface area contributed by atoms with Gasteiger partial charge >= 0.3 is 11.0 Å². The Morgan fingerprint density at radius 2 is 2.41 bits per heavy atom. The topological polar surface area (TPSA) is 105 Å². The van der Waals surface area contributed by atoms with E-state index in [1.165, 1.54) is 6.92 Å². The van der Waals surface area contributed by atoms with Gasteiger partial charge in [0.25, 0.3) is 0 Å². The summed E-state index contributed by atoms with van der Waals surface area (Å²) in [5.74, 6) is -1.00. The van der Waals surface area contributed by atoms with Gasteiger partial charge in [0.2, 0.25) is 0 Å². The van der Waals surface area contributed by atoms with Crippen LogP contribution in [0.2, 0.25) is 0 Å². The van der Waals surface area contributed by atoms with Crippen LogP contribution in [0.4, 0.5) is 10.1 Å². The summed E-state index contributed by atoms with van der Waals surface area (Å²) < 4.78 is 0. The molecule has 0 aliphatic rings. The molecule has 1 aromatic rings. The molecule has 0 saturated heterocycles. The third-order valence-electron chi connectivity index (χ3n) is 2.28. The quantitative estimate of drug-likeness (QED) is 0.598. The minimum atomic E-state index is -1.15. The second kappa shape index (κ2) is 5.09. The molecule has 0 saturated carbocycles. The van der Waals surface area contributed by atoms with Gasteiger partial charge < -0.3 is 10.4 Å². The first-order valence-corrected chi connectivity index (χ1v) is 5.82. The number of aromatic nitrogens is 1. The fourth-order valence-electron chi connectivity index (χ4n) is 1.37. The lowest BCUT2D eigenvalue weighted by Crippen LogP contribution is -2.43. The van der Waals surface area contributed by atoms with Crippen LogP contribution in [-0.2, 0) is 4.79 Å². The van der Waals surface area contributed by atoms with E-state index in [4.69, 9.17) is 5.11 Å². The molecule has 2 N–H and O–H groups in total. The van der Waals surface area contributed by atoms with Gasteiger partial charge in [-0.3, -0.25) is 10.1 Å². The van der Waals surface area contributed by atoms with Crippen molar-refractivity contribution in [3.63, 3.8) is 0 Å². The lowest BCUT2D eigenvalue weighted by atomic mass is 9.97. The smallest absolute Gasteiger partial charge is 0.345 e. The molecule has 7 nitrogen and oxygen atoms in total. The van der Waals surface area contributed by atoms with E-state index in [1.54, 1.807) is 0 Å². The highest BCUT2D eigenvalue weighted by atomic mass is 32.1. The summed E-state index contributed by atoms with van der Waals surface area (Å²) in [6.07, 6.45) is 2.21. The van der Waals surface area contributed by atoms with Crippen LogP contribution < -0.4 is 5.32 Å². The van der Waals surface area contributed by atoms with Crippen molar-refractivity contribution in [1.29, 1.82) is 0 Å². The molecule has 0 aliphatic heterocycles. The van der Waals surface area contributed by atoms with Crippen molar-refractivity contribution in [2.24, 2.45) is 0 Å². The number of nitrogens with one attached hydrogen (secondary N) is 1. The molecule has 0 bridgehead atoms. The summed E-state index contributed by atoms with van der Waals surface area (Å²) in [7, 11) is 0. The van der Waals surface area contributed by atoms with Crippen LogP contribution in [0.1, 0.15) is 26.7 Å². The summed E-state index contributed by atoms with van der Waals surface area (Å²) in [5.41, 5.74) is -1.15. The van der Waals surface area contributed by atoms with E-state index in [1.807, 2.05) is 6.92 Å². The monoisotopic (exact) mass is 259 g/mol. The number of anilines is 1. The number of nitrogens with zero attached hydrogens (tertiary/aromatic N) is 2. The number of nitro groups is 1. The highest BCUT2D eigenvalue weighted by Crippen LogP contribution is 2.28. The van der Waals surface area contributed by atoms with Crippen LogP contribution in [0.15, 0.2) is 6.20 Å². The van der Waals surface area contributed by atoms with E-state index >= 15 is 0 Å². The number of carboxylic acid groups (broad SMARTS) is 1. The van der Waals surface area contributed by atoms with Crippen molar-refractivity contribution in [3.05, 3.63) is 16.3 Å². The molecule has 1 aromatic heterocycles. The molecule has 17 heavy (non-hydrogen) atoms. The average molecular weight is 259 g/mol. The fraction of sp³-hybridized carbons (Fsp3) is 0.556. The van der Waals surface area contributed by atoms with Gasteiger partial charge in [0.15, 0.2) is 5.13 Å². The first-order valence-electron chi connectivity index (χ1n) is 5.01. The van der Waals surface area contributed by atoms with Crippen LogP contribution in [-0.4, -0.2) is 26.5 Å². The van der Waals surface area contributed by atoms with Gasteiger partial charge in [0.1, 0.15) is 11.7 Å². The molecule has 8 heteroatoms. The van der Waals surface area contributed by atoms with Gasteiger partial charge in [-0.15, -0.1) is 0 Å². The van der Waals surface area contributed by atoms with Crippen LogP contribution in [0, 0.1) is 10.1 Å². The summed E-state index contributed by atoms with van der Waals surface area (Å²) in [4.78, 5) is 24.8. The first-order chi connectivity index (χ1) is 7.89. The summed E-state index contributed by atoms with van der Waals surface area (Å²) in [6.45, 7) is 3.40. The number of carboxylic acids is 1. The third kappa shape index (κ3) is 3.13. The molecule has 0 aliphatic carbocycles. The number of carbonyl (C=O) groups is 1. The molecule has 0 spiro atoms. The Morgan fingerprint density at radius 3 is 2.82 bits per heavy atom. The lowest BCUT2D eigenvalue weighted by molar-refractivity contribution is -0.380. The predicted molar refractivity (Wildman–Crippen MR) is 63.3 cm³/mol. The number of thiazole rings is 1. The van der Waals surface area contributed by atoms with Gasteiger partial charge in [0.05, 0.1) is 4.92 Å². The molecule has 1 unspecified atom stereocenters. The highest BCUT2D eigenvalue weighted by molar-refractivity contribution is 7.18. The van der Waals surface area contributed by atoms with Gasteiger partial charge in [-0.25, -0.2) is 9.78 Å². The molecular weight excluding hydrogens is 246 g/mol. The van der Waals surface area contributed by atoms with Crippen LogP contribution in [0.25, 0.3) is 0 Å². The maximum atomic E-state index is 11.1. The molecule has 0 amide bonds. The van der Waals surface area contributed by atoms with Crippen molar-refractivity contribution < 1.29 is 14.8 Å². The second-order valence-electron chi connectivity index (χ2n) is 3.77. The van der Waals surface area contributed by atoms with Crippen LogP contribution in [0.3, 0.4) is 0 Å². The van der Waals surface area contributed by atoms with Gasteiger partial charge in [0, 0.05) is 0 Å². The Labute approximate surface area is 102 Å². The van der Waals surface area contributed by atoms with E-state index in [9.17, 15) is 14.9 Å². The minimum Gasteiger partial charge on any atom is -0.480 e. The molecule has 0 fully saturated rings. The summed E-state index contributed by atoms with van der Waals surface area (Å²) in [6, 6.07) is 0. The fourth-order valence-corrected chi connectivity index (χ4v) is 2.13. The number of hydrogen-bond donors (Lipinski definition) is 2. The molecule has 1 heterocycles. The molecule has 0 aromatic carbocycles. The van der Waals surface area contributed by atoms with Crippen LogP contribution in [0.5, 0.6) is 0 Å². The SMILES string of the molecule is CCCC(C)(Nc1ncc([N+](=O)[O-])s1)C(=O)O. The standard InChI is InChI=1S/C9H13N3O4S/c1-3-4-9(2,7(13)14)11-8-10-5-6(17-8)12(15)16/h5H,3-4H2,1-2H3,(H,10,11)(H,13,14). The van der Waals surface area contributed by atoms with Crippen LogP contribution >= 0.6 is 11.3 Å². The predicted octanol–water partition coefficient (Wildman–Crippen LogP) is 2.11. The van der Waals surface area contributed by atoms with Crippen molar-refractivity contribution in [2.45, 2.75) is 32.2 Å². The molecule has 0 radical (unpaired) electrons. The first kappa shape index (κ1) is 13.4. The Morgan fingerprint density at radius 1 is 1.76 bits per heavy atom. The number of aliphatic carboxylic acids is 1. The Balaban J connectivity index is 2.86. The van der Waals surface area contributed by atoms with Crippen molar-refractivity contribution in [2.75, 3.05) is 5.32 Å². The summed E-state index contributed by atoms with van der Waals surface area (Å²) in [5, 5.41) is 22.5. The Kier molecular flexibility index (Phi) is 4.00. The van der Waals surface area contributed by atoms with E-state index < -0.39 is 16.4 Å². The molecule has 94 valence electrons. The molecule has 1 rings (SSSR count). The zero-order chi connectivity index (χ0) is 13.1. The number of rotatable bonds is 6. The zero-order valence-corrected chi connectivity index (χ0v) is 10.3. The Hall–Kier alpha value is -1.70. The van der Waals surface area contributed by atoms with E-state index in [2.05, 4.69) is 10.3 Å². The lowest BCUT2D eigenvalue weighted by Gasteiger charge is -2.25. The van der Waals surface area contributed by atoms with E-state index in [0.29, 0.717) is 12.8 Å². The summed E-state index contributed by atoms with van der Waals surface area (Å²) >= 11 is 0.826. The zero-order valence-electron chi connectivity index (χ0n) is 9.47. The second-order valence-corrected chi connectivity index (χ2v) is 4.78. The van der Waals surface area contributed by atoms with Crippen molar-refractivity contribution in [3.8, 4) is 0 Å². The van der Waals surface area contributed by atoms with Gasteiger partial charge in [-0.05, 0) is 24.7 Å². The Bertz CT molecular complexity index is 434. The third-order valence-corrected chi connectivity index (χ3v) is 3.14.